The SMILES string of the molecule is CC(C)(Cc1ccc(F)cc1)NC(=O)c1ccccc1N1C(=O)c2ccccc2C1=O. The molecule has 31 heavy (non-hydrogen) atoms. The summed E-state index contributed by atoms with van der Waals surface area (Å²) in [6.45, 7) is 3.72. The number of anilines is 1. The summed E-state index contributed by atoms with van der Waals surface area (Å²) in [6.07, 6.45) is 0.480. The zero-order valence-electron chi connectivity index (χ0n) is 17.2. The van der Waals surface area contributed by atoms with Crippen LogP contribution < -0.4 is 10.2 Å². The molecule has 156 valence electrons. The zero-order valence-corrected chi connectivity index (χ0v) is 17.2. The number of fused-ring (bicyclic) bond motifs is 1. The third-order valence-corrected chi connectivity index (χ3v) is 5.19. The van der Waals surface area contributed by atoms with Gasteiger partial charge in [-0.25, -0.2) is 9.29 Å². The number of hydrogen-bond donors (Lipinski definition) is 1. The molecular weight excluding hydrogens is 395 g/mol. The minimum atomic E-state index is -0.649. The van der Waals surface area contributed by atoms with Crippen molar-refractivity contribution >= 4 is 23.4 Å². The summed E-state index contributed by atoms with van der Waals surface area (Å²) in [4.78, 5) is 40.0. The predicted octanol–water partition coefficient (Wildman–Crippen LogP) is 4.38. The summed E-state index contributed by atoms with van der Waals surface area (Å²) < 4.78 is 13.2. The lowest BCUT2D eigenvalue weighted by Crippen LogP contribution is -2.45. The topological polar surface area (TPSA) is 66.5 Å². The summed E-state index contributed by atoms with van der Waals surface area (Å²) in [7, 11) is 0. The highest BCUT2D eigenvalue weighted by Gasteiger charge is 2.38. The van der Waals surface area contributed by atoms with Crippen LogP contribution in [0.15, 0.2) is 72.8 Å². The van der Waals surface area contributed by atoms with Crippen LogP contribution in [0.25, 0.3) is 0 Å². The molecule has 6 heteroatoms. The van der Waals surface area contributed by atoms with E-state index in [0.717, 1.165) is 10.5 Å². The van der Waals surface area contributed by atoms with Gasteiger partial charge in [-0.1, -0.05) is 36.4 Å². The van der Waals surface area contributed by atoms with Gasteiger partial charge in [0, 0.05) is 5.54 Å². The van der Waals surface area contributed by atoms with Crippen molar-refractivity contribution in [2.24, 2.45) is 0 Å². The molecule has 0 saturated carbocycles. The monoisotopic (exact) mass is 416 g/mol. The van der Waals surface area contributed by atoms with Gasteiger partial charge in [0.1, 0.15) is 5.82 Å². The molecule has 1 heterocycles. The number of halogens is 1. The van der Waals surface area contributed by atoms with E-state index in [1.807, 2.05) is 13.8 Å². The van der Waals surface area contributed by atoms with Crippen LogP contribution in [-0.4, -0.2) is 23.3 Å². The molecule has 4 rings (SSSR count). The van der Waals surface area contributed by atoms with Crippen LogP contribution in [0.3, 0.4) is 0 Å². The molecule has 3 aromatic rings. The largest absolute Gasteiger partial charge is 0.347 e. The number of amides is 3. The van der Waals surface area contributed by atoms with Gasteiger partial charge >= 0.3 is 0 Å². The van der Waals surface area contributed by atoms with Gasteiger partial charge < -0.3 is 5.32 Å². The summed E-state index contributed by atoms with van der Waals surface area (Å²) in [5.74, 6) is -1.63. The molecule has 1 aliphatic rings. The van der Waals surface area contributed by atoms with Gasteiger partial charge in [-0.15, -0.1) is 0 Å². The van der Waals surface area contributed by atoms with Crippen LogP contribution in [0.4, 0.5) is 10.1 Å². The van der Waals surface area contributed by atoms with E-state index in [4.69, 9.17) is 0 Å². The summed E-state index contributed by atoms with van der Waals surface area (Å²) in [5, 5.41) is 2.97. The Bertz CT molecular complexity index is 1150. The van der Waals surface area contributed by atoms with E-state index in [1.54, 1.807) is 60.7 Å². The van der Waals surface area contributed by atoms with Gasteiger partial charge in [0.2, 0.25) is 0 Å². The smallest absolute Gasteiger partial charge is 0.266 e. The maximum atomic E-state index is 13.2. The quantitative estimate of drug-likeness (QED) is 0.628. The molecule has 0 aliphatic carbocycles. The third-order valence-electron chi connectivity index (χ3n) is 5.19. The van der Waals surface area contributed by atoms with Crippen molar-refractivity contribution in [3.63, 3.8) is 0 Å². The first-order valence-corrected chi connectivity index (χ1v) is 9.91. The molecule has 0 spiro atoms. The van der Waals surface area contributed by atoms with E-state index >= 15 is 0 Å². The molecular formula is C25H21FN2O3. The number of carbonyl (C=O) groups is 3. The van der Waals surface area contributed by atoms with Crippen molar-refractivity contribution < 1.29 is 18.8 Å². The second kappa shape index (κ2) is 7.80. The fourth-order valence-corrected chi connectivity index (χ4v) is 3.80. The number of rotatable bonds is 5. The second-order valence-corrected chi connectivity index (χ2v) is 8.15. The number of nitrogens with one attached hydrogen (secondary N) is 1. The normalized spacial score (nSPS) is 13.3. The average Bonchev–Trinajstić information content (AvgIpc) is 3.00. The van der Waals surface area contributed by atoms with Crippen LogP contribution in [0.1, 0.15) is 50.5 Å². The molecule has 0 atom stereocenters. The molecule has 1 aliphatic heterocycles. The Labute approximate surface area is 179 Å². The lowest BCUT2D eigenvalue weighted by Gasteiger charge is -2.27. The van der Waals surface area contributed by atoms with Gasteiger partial charge in [-0.3, -0.25) is 14.4 Å². The Morgan fingerprint density at radius 1 is 0.871 bits per heavy atom. The third kappa shape index (κ3) is 3.97. The molecule has 0 bridgehead atoms. The second-order valence-electron chi connectivity index (χ2n) is 8.15. The summed E-state index contributed by atoms with van der Waals surface area (Å²) >= 11 is 0. The molecule has 3 aromatic carbocycles. The maximum absolute atomic E-state index is 13.2. The molecule has 0 unspecified atom stereocenters. The van der Waals surface area contributed by atoms with Crippen molar-refractivity contribution in [3.05, 3.63) is 101 Å². The van der Waals surface area contributed by atoms with E-state index in [-0.39, 0.29) is 17.1 Å². The summed E-state index contributed by atoms with van der Waals surface area (Å²) in [6, 6.07) is 19.2. The van der Waals surface area contributed by atoms with Gasteiger partial charge in [-0.2, -0.15) is 0 Å². The van der Waals surface area contributed by atoms with Crippen LogP contribution in [0.2, 0.25) is 0 Å². The van der Waals surface area contributed by atoms with Gasteiger partial charge in [0.15, 0.2) is 0 Å². The van der Waals surface area contributed by atoms with Gasteiger partial charge in [0.05, 0.1) is 22.4 Å². The Morgan fingerprint density at radius 2 is 1.42 bits per heavy atom. The molecule has 0 fully saturated rings. The van der Waals surface area contributed by atoms with E-state index < -0.39 is 23.3 Å². The van der Waals surface area contributed by atoms with Crippen molar-refractivity contribution in [2.45, 2.75) is 25.8 Å². The fraction of sp³-hybridized carbons (Fsp3) is 0.160. The number of benzene rings is 3. The number of para-hydroxylation sites is 1. The minimum absolute atomic E-state index is 0.226. The number of nitrogens with zero attached hydrogens (tertiary/aromatic N) is 1. The number of hydrogen-bond acceptors (Lipinski definition) is 3. The van der Waals surface area contributed by atoms with E-state index in [9.17, 15) is 18.8 Å². The van der Waals surface area contributed by atoms with Crippen molar-refractivity contribution in [2.75, 3.05) is 4.90 Å². The number of carbonyl (C=O) groups excluding carboxylic acids is 3. The van der Waals surface area contributed by atoms with Crippen LogP contribution >= 0.6 is 0 Å². The molecule has 0 radical (unpaired) electrons. The van der Waals surface area contributed by atoms with Gasteiger partial charge in [-0.05, 0) is 62.2 Å². The first kappa shape index (κ1) is 20.5. The molecule has 1 N–H and O–H groups in total. The van der Waals surface area contributed by atoms with E-state index in [2.05, 4.69) is 5.32 Å². The fourth-order valence-electron chi connectivity index (χ4n) is 3.80. The van der Waals surface area contributed by atoms with Crippen molar-refractivity contribution in [3.8, 4) is 0 Å². The first-order chi connectivity index (χ1) is 14.8. The predicted molar refractivity (Wildman–Crippen MR) is 116 cm³/mol. The van der Waals surface area contributed by atoms with Crippen molar-refractivity contribution in [1.29, 1.82) is 0 Å². The molecule has 3 amide bonds. The summed E-state index contributed by atoms with van der Waals surface area (Å²) in [5.41, 5.74) is 1.33. The maximum Gasteiger partial charge on any atom is 0.266 e. The van der Waals surface area contributed by atoms with Crippen LogP contribution in [0.5, 0.6) is 0 Å². The highest BCUT2D eigenvalue weighted by Crippen LogP contribution is 2.31. The Hall–Kier alpha value is -3.80. The van der Waals surface area contributed by atoms with Gasteiger partial charge in [0.25, 0.3) is 17.7 Å². The van der Waals surface area contributed by atoms with E-state index in [0.29, 0.717) is 17.5 Å². The Morgan fingerprint density at radius 3 is 2.03 bits per heavy atom. The van der Waals surface area contributed by atoms with Crippen molar-refractivity contribution in [1.82, 2.24) is 5.32 Å². The standard InChI is InChI=1S/C25H21FN2O3/c1-25(2,15-16-11-13-17(26)14-12-16)27-22(29)20-9-5-6-10-21(20)28-23(30)18-7-3-4-8-19(18)24(28)31/h3-14H,15H2,1-2H3,(H,27,29). The first-order valence-electron chi connectivity index (χ1n) is 9.91. The zero-order chi connectivity index (χ0) is 22.2. The number of imide groups is 1. The Balaban J connectivity index is 1.60. The lowest BCUT2D eigenvalue weighted by molar-refractivity contribution is 0.0913. The highest BCUT2D eigenvalue weighted by atomic mass is 19.1. The molecule has 0 aromatic heterocycles. The molecule has 5 nitrogen and oxygen atoms in total. The van der Waals surface area contributed by atoms with E-state index in [1.165, 1.54) is 12.1 Å². The molecule has 0 saturated heterocycles. The Kier molecular flexibility index (Phi) is 5.15. The van der Waals surface area contributed by atoms with Crippen LogP contribution in [0, 0.1) is 5.82 Å². The highest BCUT2D eigenvalue weighted by molar-refractivity contribution is 6.35. The lowest BCUT2D eigenvalue weighted by atomic mass is 9.94. The van der Waals surface area contributed by atoms with Crippen LogP contribution in [-0.2, 0) is 6.42 Å². The minimum Gasteiger partial charge on any atom is -0.347 e. The average molecular weight is 416 g/mol.